The number of rotatable bonds is 6. The van der Waals surface area contributed by atoms with E-state index in [2.05, 4.69) is 15.5 Å². The van der Waals surface area contributed by atoms with Gasteiger partial charge < -0.3 is 16.0 Å². The van der Waals surface area contributed by atoms with E-state index in [0.717, 1.165) is 0 Å². The van der Waals surface area contributed by atoms with Gasteiger partial charge >= 0.3 is 18.2 Å². The van der Waals surface area contributed by atoms with Gasteiger partial charge in [-0.3, -0.25) is 24.1 Å². The Bertz CT molecular complexity index is 1470. The highest BCUT2D eigenvalue weighted by Gasteiger charge is 2.60. The lowest BCUT2D eigenvalue weighted by Crippen LogP contribution is -2.60. The summed E-state index contributed by atoms with van der Waals surface area (Å²) in [6.45, 7) is 10.0. The predicted octanol–water partition coefficient (Wildman–Crippen LogP) is 3.87. The largest absolute Gasteiger partial charge is 0.471 e. The fourth-order valence-corrected chi connectivity index (χ4v) is 5.63. The van der Waals surface area contributed by atoms with Gasteiger partial charge in [0.2, 0.25) is 11.8 Å². The Hall–Kier alpha value is -4.11. The van der Waals surface area contributed by atoms with E-state index in [0.29, 0.717) is 21.8 Å². The van der Waals surface area contributed by atoms with E-state index < -0.39 is 53.0 Å². The maximum absolute atomic E-state index is 14.1. The van der Waals surface area contributed by atoms with E-state index in [1.807, 2.05) is 0 Å². The minimum absolute atomic E-state index is 0.0855. The molecule has 4 atom stereocenters. The van der Waals surface area contributed by atoms with E-state index >= 15 is 0 Å². The number of anilines is 1. The van der Waals surface area contributed by atoms with Gasteiger partial charge in [-0.15, -0.1) is 0 Å². The van der Waals surface area contributed by atoms with Crippen molar-refractivity contribution in [1.82, 2.24) is 15.5 Å². The third kappa shape index (κ3) is 6.06. The number of likely N-dealkylation sites (tertiary alicyclic amines) is 1. The molecule has 2 aromatic carbocycles. The number of carbonyl (C=O) groups is 4. The number of fused-ring (bicyclic) bond motifs is 2. The van der Waals surface area contributed by atoms with Crippen molar-refractivity contribution in [3.8, 4) is 6.57 Å². The van der Waals surface area contributed by atoms with Crippen LogP contribution < -0.4 is 16.0 Å². The van der Waals surface area contributed by atoms with Crippen LogP contribution in [0.4, 0.5) is 18.9 Å². The topological polar surface area (TPSA) is 112 Å². The minimum atomic E-state index is -5.22. The van der Waals surface area contributed by atoms with E-state index in [4.69, 9.17) is 18.2 Å². The van der Waals surface area contributed by atoms with Crippen molar-refractivity contribution in [1.29, 1.82) is 0 Å². The summed E-state index contributed by atoms with van der Waals surface area (Å²) in [5, 5.41) is 7.48. The normalized spacial score (nSPS) is 21.2. The van der Waals surface area contributed by atoms with Crippen LogP contribution in [0.2, 0.25) is 5.02 Å². The smallest absolute Gasteiger partial charge is 0.342 e. The maximum Gasteiger partial charge on any atom is 0.471 e. The van der Waals surface area contributed by atoms with Crippen LogP contribution in [0.1, 0.15) is 38.3 Å². The number of hydrogen-bond donors (Lipinski definition) is 3. The van der Waals surface area contributed by atoms with E-state index in [-0.39, 0.29) is 25.3 Å². The average molecular weight is 605 g/mol. The number of halogens is 4. The molecule has 0 aliphatic carbocycles. The zero-order valence-electron chi connectivity index (χ0n) is 23.1. The Morgan fingerprint density at radius 2 is 1.83 bits per heavy atom. The molecule has 4 rings (SSSR count). The van der Waals surface area contributed by atoms with Gasteiger partial charge in [-0.25, -0.2) is 0 Å². The molecule has 0 saturated carbocycles. The van der Waals surface area contributed by atoms with Gasteiger partial charge in [-0.1, -0.05) is 67.5 Å². The van der Waals surface area contributed by atoms with Crippen LogP contribution in [0.25, 0.3) is 4.85 Å². The lowest BCUT2D eigenvalue weighted by atomic mass is 9.80. The molecule has 2 aliphatic heterocycles. The molecule has 13 heteroatoms. The molecule has 0 bridgehead atoms. The van der Waals surface area contributed by atoms with Crippen molar-refractivity contribution in [3.05, 3.63) is 69.5 Å². The van der Waals surface area contributed by atoms with Gasteiger partial charge in [0.15, 0.2) is 0 Å². The first-order chi connectivity index (χ1) is 19.6. The molecule has 222 valence electrons. The van der Waals surface area contributed by atoms with Crippen LogP contribution >= 0.6 is 11.6 Å². The molecule has 0 radical (unpaired) electrons. The van der Waals surface area contributed by atoms with E-state index in [1.54, 1.807) is 53.8 Å². The summed E-state index contributed by atoms with van der Waals surface area (Å²) in [7, 11) is 0. The van der Waals surface area contributed by atoms with Gasteiger partial charge in [0.1, 0.15) is 17.5 Å². The van der Waals surface area contributed by atoms with Gasteiger partial charge in [0.25, 0.3) is 12.5 Å². The summed E-state index contributed by atoms with van der Waals surface area (Å²) in [5.74, 6) is -4.28. The first-order valence-corrected chi connectivity index (χ1v) is 13.5. The lowest BCUT2D eigenvalue weighted by Gasteiger charge is -2.32. The molecule has 1 fully saturated rings. The van der Waals surface area contributed by atoms with Crippen molar-refractivity contribution in [2.75, 3.05) is 11.9 Å². The molecule has 3 N–H and O–H groups in total. The first-order valence-electron chi connectivity index (χ1n) is 13.1. The van der Waals surface area contributed by atoms with Gasteiger partial charge in [0, 0.05) is 23.7 Å². The molecular weight excluding hydrogens is 575 g/mol. The van der Waals surface area contributed by atoms with Crippen LogP contribution in [0, 0.1) is 12.0 Å². The summed E-state index contributed by atoms with van der Waals surface area (Å²) >= 11 is 6.13. The van der Waals surface area contributed by atoms with Crippen molar-refractivity contribution in [3.63, 3.8) is 0 Å². The monoisotopic (exact) mass is 604 g/mol. The van der Waals surface area contributed by atoms with Gasteiger partial charge in [0.05, 0.1) is 6.42 Å². The molecule has 42 heavy (non-hydrogen) atoms. The number of benzene rings is 2. The molecule has 2 heterocycles. The van der Waals surface area contributed by atoms with E-state index in [9.17, 15) is 32.3 Å². The number of nitrogens with one attached hydrogen (secondary N) is 3. The summed E-state index contributed by atoms with van der Waals surface area (Å²) in [4.78, 5) is 57.7. The van der Waals surface area contributed by atoms with Crippen LogP contribution in [-0.2, 0) is 31.0 Å². The number of amides is 4. The Labute approximate surface area is 245 Å². The number of para-hydroxylation sites is 1. The van der Waals surface area contributed by atoms with Crippen molar-refractivity contribution < 1.29 is 32.3 Å². The first kappa shape index (κ1) is 30.8. The Morgan fingerprint density at radius 3 is 2.45 bits per heavy atom. The van der Waals surface area contributed by atoms with Gasteiger partial charge in [-0.2, -0.15) is 13.2 Å². The highest BCUT2D eigenvalue weighted by Crippen LogP contribution is 2.46. The summed E-state index contributed by atoms with van der Waals surface area (Å²) in [5.41, 5.74) is -0.472. The maximum atomic E-state index is 14.1. The Morgan fingerprint density at radius 1 is 1.14 bits per heavy atom. The second kappa shape index (κ2) is 11.3. The Balaban J connectivity index is 1.67. The fraction of sp³-hybridized carbons (Fsp3) is 0.414. The molecule has 2 aliphatic rings. The standard InChI is InChI=1S/C29H29ClF3N5O4/c1-27(2,3)22(37-26(42)29(31,32)33)23(39)35-20(13-16-8-7-9-17(30)12-16)24(40)38-15-28(14-21(38)34-4)18-10-5-6-11-19(18)36-25(28)41/h4-12,20-22H,13-15H2,1-3H3,(H2-,35,36,37,39,41,42)/p+1/t20-,21-,22+,28-/m0/s1. The second-order valence-corrected chi connectivity index (χ2v) is 12.0. The number of hydrogen-bond acceptors (Lipinski definition) is 4. The number of alkyl halides is 3. The molecule has 1 spiro atoms. The second-order valence-electron chi connectivity index (χ2n) is 11.5. The highest BCUT2D eigenvalue weighted by molar-refractivity contribution is 6.30. The Kier molecular flexibility index (Phi) is 8.29. The number of carbonyl (C=O) groups excluding carboxylic acids is 4. The third-order valence-corrected chi connectivity index (χ3v) is 7.75. The molecule has 1 saturated heterocycles. The minimum Gasteiger partial charge on any atom is -0.342 e. The van der Waals surface area contributed by atoms with Crippen molar-refractivity contribution in [2.24, 2.45) is 5.41 Å². The van der Waals surface area contributed by atoms with Crippen LogP contribution in [-0.4, -0.2) is 59.5 Å². The zero-order chi connectivity index (χ0) is 31.0. The zero-order valence-corrected chi connectivity index (χ0v) is 23.8. The highest BCUT2D eigenvalue weighted by atomic mass is 35.5. The molecule has 4 amide bonds. The fourth-order valence-electron chi connectivity index (χ4n) is 5.42. The van der Waals surface area contributed by atoms with E-state index in [1.165, 1.54) is 25.7 Å². The summed E-state index contributed by atoms with van der Waals surface area (Å²) in [6.07, 6.45) is -6.17. The van der Waals surface area contributed by atoms with Crippen LogP contribution in [0.3, 0.4) is 0 Å². The summed E-state index contributed by atoms with van der Waals surface area (Å²) in [6, 6.07) is 10.6. The molecule has 0 unspecified atom stereocenters. The lowest BCUT2D eigenvalue weighted by molar-refractivity contribution is -0.175. The SMILES string of the molecule is C#[N+][C@@H]1C[C@@]2(CN1C(=O)[C@H](Cc1cccc(Cl)c1)NC(=O)[C@@H](NC(=O)C(F)(F)F)C(C)(C)C)C(=O)Nc1ccccc12. The quantitative estimate of drug-likeness (QED) is 0.465. The molecule has 0 aromatic heterocycles. The number of nitrogens with zero attached hydrogens (tertiary/aromatic N) is 2. The molecule has 2 aromatic rings. The molecular formula is C29H30ClF3N5O4+. The van der Waals surface area contributed by atoms with Crippen molar-refractivity contribution >= 4 is 40.9 Å². The predicted molar refractivity (Wildman–Crippen MR) is 150 cm³/mol. The van der Waals surface area contributed by atoms with Crippen LogP contribution in [0.5, 0.6) is 0 Å². The van der Waals surface area contributed by atoms with Crippen molar-refractivity contribution in [2.45, 2.75) is 63.5 Å². The third-order valence-electron chi connectivity index (χ3n) is 7.52. The van der Waals surface area contributed by atoms with Gasteiger partial charge in [-0.05, 0) is 34.7 Å². The van der Waals surface area contributed by atoms with Crippen LogP contribution in [0.15, 0.2) is 48.5 Å². The molecule has 9 nitrogen and oxygen atoms in total. The summed E-state index contributed by atoms with van der Waals surface area (Å²) < 4.78 is 39.2. The average Bonchev–Trinajstić information content (AvgIpc) is 3.43.